The van der Waals surface area contributed by atoms with Gasteiger partial charge in [-0.1, -0.05) is 34.1 Å². The fraction of sp³-hybridized carbons (Fsp3) is 0.222. The number of methoxy groups -OCH3 is 1. The van der Waals surface area contributed by atoms with Crippen molar-refractivity contribution < 1.29 is 4.74 Å². The Hall–Kier alpha value is -1.78. The zero-order valence-electron chi connectivity index (χ0n) is 12.3. The van der Waals surface area contributed by atoms with Gasteiger partial charge in [0.25, 0.3) is 0 Å². The third-order valence-corrected chi connectivity index (χ3v) is 5.10. The van der Waals surface area contributed by atoms with Crippen LogP contribution in [0.25, 0.3) is 10.9 Å². The van der Waals surface area contributed by atoms with Gasteiger partial charge in [-0.2, -0.15) is 0 Å². The Morgan fingerprint density at radius 1 is 1.18 bits per heavy atom. The first-order chi connectivity index (χ1) is 10.8. The zero-order chi connectivity index (χ0) is 15.1. The summed E-state index contributed by atoms with van der Waals surface area (Å²) in [5, 5.41) is 4.93. The van der Waals surface area contributed by atoms with Crippen LogP contribution in [0.4, 0.5) is 0 Å². The number of hydrogen-bond acceptors (Lipinski definition) is 2. The van der Waals surface area contributed by atoms with Gasteiger partial charge in [-0.25, -0.2) is 0 Å². The molecule has 1 aliphatic rings. The van der Waals surface area contributed by atoms with Gasteiger partial charge in [0.1, 0.15) is 5.75 Å². The van der Waals surface area contributed by atoms with Crippen LogP contribution < -0.4 is 10.1 Å². The monoisotopic (exact) mass is 356 g/mol. The molecule has 22 heavy (non-hydrogen) atoms. The molecule has 0 aliphatic carbocycles. The lowest BCUT2D eigenvalue weighted by Gasteiger charge is -2.25. The molecule has 0 saturated heterocycles. The van der Waals surface area contributed by atoms with Gasteiger partial charge in [-0.3, -0.25) is 0 Å². The molecule has 1 atom stereocenters. The van der Waals surface area contributed by atoms with E-state index in [1.807, 2.05) is 12.1 Å². The lowest BCUT2D eigenvalue weighted by Crippen LogP contribution is -2.30. The fourth-order valence-corrected chi connectivity index (χ4v) is 3.83. The molecule has 112 valence electrons. The number of ether oxygens (including phenoxy) is 1. The zero-order valence-corrected chi connectivity index (χ0v) is 13.9. The fourth-order valence-electron chi connectivity index (χ4n) is 3.32. The molecule has 0 fully saturated rings. The predicted octanol–water partition coefficient (Wildman–Crippen LogP) is 4.17. The Morgan fingerprint density at radius 3 is 2.86 bits per heavy atom. The van der Waals surface area contributed by atoms with Gasteiger partial charge in [0, 0.05) is 33.7 Å². The van der Waals surface area contributed by atoms with Gasteiger partial charge in [0.15, 0.2) is 0 Å². The first-order valence-electron chi connectivity index (χ1n) is 7.44. The summed E-state index contributed by atoms with van der Waals surface area (Å²) in [5.74, 6) is 0.886. The molecule has 0 amide bonds. The topological polar surface area (TPSA) is 37.0 Å². The minimum atomic E-state index is 0.192. The van der Waals surface area contributed by atoms with E-state index in [0.29, 0.717) is 0 Å². The number of H-pyrrole nitrogens is 1. The third-order valence-electron chi connectivity index (χ3n) is 4.37. The molecule has 0 radical (unpaired) electrons. The Balaban J connectivity index is 1.89. The molecular formula is C18H17BrN2O. The second-order valence-electron chi connectivity index (χ2n) is 5.59. The molecular weight excluding hydrogens is 340 g/mol. The molecule has 0 saturated carbocycles. The van der Waals surface area contributed by atoms with Crippen LogP contribution in [-0.4, -0.2) is 18.6 Å². The number of rotatable bonds is 2. The Bertz CT molecular complexity index is 840. The number of aromatic nitrogens is 1. The van der Waals surface area contributed by atoms with Crippen LogP contribution in [0.1, 0.15) is 22.9 Å². The third kappa shape index (κ3) is 2.14. The maximum absolute atomic E-state index is 5.34. The highest BCUT2D eigenvalue weighted by Gasteiger charge is 2.26. The van der Waals surface area contributed by atoms with Crippen molar-refractivity contribution in [3.63, 3.8) is 0 Å². The van der Waals surface area contributed by atoms with E-state index in [1.165, 1.54) is 22.2 Å². The summed E-state index contributed by atoms with van der Waals surface area (Å²) in [6.45, 7) is 0.984. The van der Waals surface area contributed by atoms with Gasteiger partial charge in [0.2, 0.25) is 0 Å². The summed E-state index contributed by atoms with van der Waals surface area (Å²) in [4.78, 5) is 3.60. The van der Waals surface area contributed by atoms with Crippen molar-refractivity contribution in [2.45, 2.75) is 12.5 Å². The number of halogens is 1. The van der Waals surface area contributed by atoms with E-state index >= 15 is 0 Å². The van der Waals surface area contributed by atoms with Crippen molar-refractivity contribution in [2.24, 2.45) is 0 Å². The lowest BCUT2D eigenvalue weighted by atomic mass is 9.94. The van der Waals surface area contributed by atoms with Crippen molar-refractivity contribution in [1.82, 2.24) is 10.3 Å². The van der Waals surface area contributed by atoms with Crippen LogP contribution >= 0.6 is 15.9 Å². The minimum Gasteiger partial charge on any atom is -0.497 e. The van der Waals surface area contributed by atoms with Gasteiger partial charge in [-0.15, -0.1) is 0 Å². The van der Waals surface area contributed by atoms with Crippen molar-refractivity contribution in [1.29, 1.82) is 0 Å². The summed E-state index contributed by atoms with van der Waals surface area (Å²) in [6.07, 6.45) is 1.04. The molecule has 4 rings (SSSR count). The van der Waals surface area contributed by atoms with Gasteiger partial charge in [-0.05, 0) is 35.7 Å². The predicted molar refractivity (Wildman–Crippen MR) is 92.5 cm³/mol. The summed E-state index contributed by atoms with van der Waals surface area (Å²) < 4.78 is 6.48. The molecule has 0 spiro atoms. The van der Waals surface area contributed by atoms with E-state index < -0.39 is 0 Å². The summed E-state index contributed by atoms with van der Waals surface area (Å²) in [5.41, 5.74) is 5.09. The van der Waals surface area contributed by atoms with E-state index in [0.717, 1.165) is 28.7 Å². The van der Waals surface area contributed by atoms with Crippen LogP contribution in [-0.2, 0) is 6.42 Å². The largest absolute Gasteiger partial charge is 0.497 e. The number of benzene rings is 2. The van der Waals surface area contributed by atoms with Crippen molar-refractivity contribution in [2.75, 3.05) is 13.7 Å². The summed E-state index contributed by atoms with van der Waals surface area (Å²) in [7, 11) is 1.70. The molecule has 4 heteroatoms. The van der Waals surface area contributed by atoms with Crippen LogP contribution in [0, 0.1) is 0 Å². The van der Waals surface area contributed by atoms with Gasteiger partial charge in [0.05, 0.1) is 13.2 Å². The van der Waals surface area contributed by atoms with Gasteiger partial charge >= 0.3 is 0 Å². The van der Waals surface area contributed by atoms with E-state index in [4.69, 9.17) is 4.74 Å². The average Bonchev–Trinajstić information content (AvgIpc) is 2.93. The smallest absolute Gasteiger partial charge is 0.120 e. The normalized spacial score (nSPS) is 17.5. The second kappa shape index (κ2) is 5.45. The summed E-state index contributed by atoms with van der Waals surface area (Å²) in [6, 6.07) is 14.9. The highest BCUT2D eigenvalue weighted by Crippen LogP contribution is 2.36. The molecule has 1 aromatic heterocycles. The first-order valence-corrected chi connectivity index (χ1v) is 8.23. The minimum absolute atomic E-state index is 0.192. The average molecular weight is 357 g/mol. The molecule has 2 aromatic carbocycles. The van der Waals surface area contributed by atoms with Crippen LogP contribution in [0.15, 0.2) is 46.9 Å². The molecule has 0 unspecified atom stereocenters. The first kappa shape index (κ1) is 13.9. The Labute approximate surface area is 137 Å². The van der Waals surface area contributed by atoms with E-state index in [2.05, 4.69) is 56.6 Å². The van der Waals surface area contributed by atoms with E-state index in [9.17, 15) is 0 Å². The Morgan fingerprint density at radius 2 is 2.05 bits per heavy atom. The molecule has 1 aliphatic heterocycles. The van der Waals surface area contributed by atoms with Gasteiger partial charge < -0.3 is 15.0 Å². The lowest BCUT2D eigenvalue weighted by molar-refractivity contribution is 0.415. The van der Waals surface area contributed by atoms with Crippen molar-refractivity contribution in [3.8, 4) is 5.75 Å². The highest BCUT2D eigenvalue weighted by molar-refractivity contribution is 9.10. The second-order valence-corrected chi connectivity index (χ2v) is 6.44. The number of aromatic amines is 1. The van der Waals surface area contributed by atoms with E-state index in [1.54, 1.807) is 7.11 Å². The maximum atomic E-state index is 5.34. The molecule has 3 nitrogen and oxygen atoms in total. The number of nitrogens with one attached hydrogen (secondary N) is 2. The van der Waals surface area contributed by atoms with Crippen molar-refractivity contribution >= 4 is 26.8 Å². The van der Waals surface area contributed by atoms with Crippen LogP contribution in [0.5, 0.6) is 5.75 Å². The molecule has 0 bridgehead atoms. The molecule has 2 heterocycles. The number of hydrogen-bond donors (Lipinski definition) is 2. The van der Waals surface area contributed by atoms with Crippen LogP contribution in [0.2, 0.25) is 0 Å². The van der Waals surface area contributed by atoms with Crippen molar-refractivity contribution in [3.05, 3.63) is 63.8 Å². The Kier molecular flexibility index (Phi) is 3.43. The van der Waals surface area contributed by atoms with E-state index in [-0.39, 0.29) is 6.04 Å². The highest BCUT2D eigenvalue weighted by atomic mass is 79.9. The molecule has 2 N–H and O–H groups in total. The van der Waals surface area contributed by atoms with Crippen LogP contribution in [0.3, 0.4) is 0 Å². The SMILES string of the molecule is COc1ccc2c3c([nH]c2c1)[C@@H](c1ccccc1Br)NCC3. The standard InChI is InChI=1S/C18H17BrN2O/c1-22-11-6-7-12-13-8-9-20-17(18(13)21-16(12)10-11)14-4-2-3-5-15(14)19/h2-7,10,17,20-21H,8-9H2,1H3/t17-/m1/s1. The maximum Gasteiger partial charge on any atom is 0.120 e. The summed E-state index contributed by atoms with van der Waals surface area (Å²) >= 11 is 3.68. The quantitative estimate of drug-likeness (QED) is 0.722. The molecule has 3 aromatic rings. The number of fused-ring (bicyclic) bond motifs is 3.